The van der Waals surface area contributed by atoms with E-state index in [1.807, 2.05) is 4.90 Å². The van der Waals surface area contributed by atoms with E-state index >= 15 is 0 Å². The quantitative estimate of drug-likeness (QED) is 0.639. The molecule has 0 bridgehead atoms. The van der Waals surface area contributed by atoms with Crippen molar-refractivity contribution in [1.29, 1.82) is 0 Å². The third kappa shape index (κ3) is 6.45. The Balaban J connectivity index is 0.00000300. The van der Waals surface area contributed by atoms with Gasteiger partial charge >= 0.3 is 5.69 Å². The zero-order valence-corrected chi connectivity index (χ0v) is 18.0. The first-order valence-electron chi connectivity index (χ1n) is 10.1. The number of hydrogen-bond donors (Lipinski definition) is 2. The number of rotatable bonds is 8. The molecule has 1 aliphatic heterocycles. The highest BCUT2D eigenvalue weighted by Crippen LogP contribution is 2.25. The van der Waals surface area contributed by atoms with Crippen LogP contribution in [0.25, 0.3) is 0 Å². The number of ether oxygens (including phenoxy) is 1. The number of aromatic amines is 2. The molecule has 1 aromatic carbocycles. The molecule has 1 aliphatic rings. The average Bonchev–Trinajstić information content (AvgIpc) is 2.69. The van der Waals surface area contributed by atoms with Crippen molar-refractivity contribution < 1.29 is 4.74 Å². The number of H-pyrrole nitrogens is 2. The minimum atomic E-state index is -0.483. The second kappa shape index (κ2) is 11.2. The van der Waals surface area contributed by atoms with Gasteiger partial charge in [0, 0.05) is 31.4 Å². The predicted molar refractivity (Wildman–Crippen MR) is 119 cm³/mol. The van der Waals surface area contributed by atoms with E-state index < -0.39 is 5.69 Å². The molecule has 1 aromatic heterocycles. The summed E-state index contributed by atoms with van der Waals surface area (Å²) in [6, 6.07) is 7.75. The highest BCUT2D eigenvalue weighted by Gasteiger charge is 2.14. The van der Waals surface area contributed by atoms with E-state index in [1.54, 1.807) is 0 Å². The van der Waals surface area contributed by atoms with Crippen LogP contribution in [0.3, 0.4) is 0 Å². The second-order valence-electron chi connectivity index (χ2n) is 7.25. The molecule has 2 heterocycles. The monoisotopic (exact) mass is 422 g/mol. The molecule has 8 heteroatoms. The van der Waals surface area contributed by atoms with E-state index in [1.165, 1.54) is 17.2 Å². The lowest BCUT2D eigenvalue weighted by molar-refractivity contribution is 0.0373. The van der Waals surface area contributed by atoms with Crippen LogP contribution < -0.4 is 16.1 Å². The summed E-state index contributed by atoms with van der Waals surface area (Å²) >= 11 is 0. The molecule has 1 fully saturated rings. The number of aryl methyl sites for hydroxylation is 2. The van der Waals surface area contributed by atoms with Gasteiger partial charge in [-0.25, -0.2) is 4.79 Å². The Bertz CT molecular complexity index is 862. The molecule has 2 N–H and O–H groups in total. The van der Waals surface area contributed by atoms with Gasteiger partial charge in [-0.3, -0.25) is 19.7 Å². The van der Waals surface area contributed by atoms with E-state index in [0.29, 0.717) is 5.82 Å². The Morgan fingerprint density at radius 1 is 1.10 bits per heavy atom. The Morgan fingerprint density at radius 2 is 1.86 bits per heavy atom. The number of anilines is 2. The number of nitrogens with one attached hydrogen (secondary N) is 2. The fraction of sp³-hybridized carbons (Fsp3) is 0.524. The second-order valence-corrected chi connectivity index (χ2v) is 7.25. The fourth-order valence-electron chi connectivity index (χ4n) is 3.63. The number of halogens is 1. The first kappa shape index (κ1) is 23.2. The fourth-order valence-corrected chi connectivity index (χ4v) is 3.63. The zero-order chi connectivity index (χ0) is 19.9. The molecule has 0 unspecified atom stereocenters. The largest absolute Gasteiger partial charge is 0.379 e. The smallest absolute Gasteiger partial charge is 0.327 e. The minimum absolute atomic E-state index is 0. The topological polar surface area (TPSA) is 81.4 Å². The van der Waals surface area contributed by atoms with Gasteiger partial charge in [-0.1, -0.05) is 13.0 Å². The van der Waals surface area contributed by atoms with E-state index in [-0.39, 0.29) is 18.0 Å². The van der Waals surface area contributed by atoms with Crippen LogP contribution in [0.1, 0.15) is 30.9 Å². The third-order valence-corrected chi connectivity index (χ3v) is 5.27. The molecule has 0 amide bonds. The highest BCUT2D eigenvalue weighted by atomic mass is 35.5. The molecule has 0 spiro atoms. The lowest BCUT2D eigenvalue weighted by Crippen LogP contribution is -2.37. The van der Waals surface area contributed by atoms with E-state index in [9.17, 15) is 9.59 Å². The van der Waals surface area contributed by atoms with Crippen molar-refractivity contribution in [2.45, 2.75) is 33.1 Å². The Kier molecular flexibility index (Phi) is 8.95. The summed E-state index contributed by atoms with van der Waals surface area (Å²) in [5, 5.41) is 0. The van der Waals surface area contributed by atoms with Crippen LogP contribution in [-0.4, -0.2) is 54.3 Å². The van der Waals surface area contributed by atoms with E-state index in [2.05, 4.69) is 46.9 Å². The van der Waals surface area contributed by atoms with Gasteiger partial charge in [0.05, 0.1) is 13.2 Å². The maximum absolute atomic E-state index is 11.8. The van der Waals surface area contributed by atoms with Gasteiger partial charge in [0.1, 0.15) is 5.82 Å². The summed E-state index contributed by atoms with van der Waals surface area (Å²) in [5.41, 5.74) is 2.64. The number of benzene rings is 1. The summed E-state index contributed by atoms with van der Waals surface area (Å²) in [5.74, 6) is 0.533. The van der Waals surface area contributed by atoms with Gasteiger partial charge in [-0.15, -0.1) is 12.4 Å². The molecule has 7 nitrogen and oxygen atoms in total. The number of hydrogen-bond acceptors (Lipinski definition) is 5. The molecule has 0 saturated carbocycles. The van der Waals surface area contributed by atoms with Crippen molar-refractivity contribution in [3.8, 4) is 0 Å². The van der Waals surface area contributed by atoms with Crippen molar-refractivity contribution in [1.82, 2.24) is 14.9 Å². The molecule has 29 heavy (non-hydrogen) atoms. The van der Waals surface area contributed by atoms with Crippen LogP contribution in [-0.2, 0) is 11.2 Å². The van der Waals surface area contributed by atoms with Crippen molar-refractivity contribution >= 4 is 23.9 Å². The lowest BCUT2D eigenvalue weighted by atomic mass is 10.0. The number of nitrogens with zero attached hydrogens (tertiary/aromatic N) is 2. The van der Waals surface area contributed by atoms with Crippen LogP contribution in [0, 0.1) is 6.92 Å². The molecule has 0 atom stereocenters. The molecular weight excluding hydrogens is 392 g/mol. The minimum Gasteiger partial charge on any atom is -0.379 e. The molecule has 160 valence electrons. The van der Waals surface area contributed by atoms with Crippen LogP contribution in [0.15, 0.2) is 33.9 Å². The highest BCUT2D eigenvalue weighted by molar-refractivity contribution is 5.85. The molecular formula is C21H31ClN4O3. The zero-order valence-electron chi connectivity index (χ0n) is 17.2. The summed E-state index contributed by atoms with van der Waals surface area (Å²) in [6.45, 7) is 9.60. The van der Waals surface area contributed by atoms with Gasteiger partial charge in [0.25, 0.3) is 5.56 Å². The summed E-state index contributed by atoms with van der Waals surface area (Å²) in [6.07, 6.45) is 2.95. The van der Waals surface area contributed by atoms with Gasteiger partial charge in [0.2, 0.25) is 0 Å². The Morgan fingerprint density at radius 3 is 2.55 bits per heavy atom. The maximum Gasteiger partial charge on any atom is 0.327 e. The van der Waals surface area contributed by atoms with Crippen molar-refractivity contribution in [3.63, 3.8) is 0 Å². The maximum atomic E-state index is 11.8. The normalized spacial score (nSPS) is 14.4. The van der Waals surface area contributed by atoms with E-state index in [4.69, 9.17) is 4.74 Å². The van der Waals surface area contributed by atoms with Crippen molar-refractivity contribution in [3.05, 3.63) is 56.2 Å². The molecule has 2 aromatic rings. The van der Waals surface area contributed by atoms with Crippen LogP contribution in [0.4, 0.5) is 11.5 Å². The van der Waals surface area contributed by atoms with Gasteiger partial charge in [-0.05, 0) is 56.0 Å². The number of aromatic nitrogens is 2. The standard InChI is InChI=1S/C21H30N4O3.ClH/c1-3-17-14-18(7-6-16(17)2)25(19-15-20(26)23-21(27)22-19)9-5-4-8-24-10-12-28-13-11-24;/h6-7,14-15H,3-5,8-13H2,1-2H3,(H2,22,23,26,27);1H. The predicted octanol–water partition coefficient (Wildman–Crippen LogP) is 2.61. The molecule has 0 radical (unpaired) electrons. The molecule has 3 rings (SSSR count). The SMILES string of the molecule is CCc1cc(N(CCCCN2CCOCC2)c2cc(=O)[nH]c(=O)[nH]2)ccc1C.Cl. The van der Waals surface area contributed by atoms with E-state index in [0.717, 1.165) is 64.3 Å². The van der Waals surface area contributed by atoms with Gasteiger partial charge < -0.3 is 9.64 Å². The lowest BCUT2D eigenvalue weighted by Gasteiger charge is -2.28. The molecule has 1 saturated heterocycles. The Hall–Kier alpha value is -2.09. The summed E-state index contributed by atoms with van der Waals surface area (Å²) < 4.78 is 5.40. The third-order valence-electron chi connectivity index (χ3n) is 5.27. The van der Waals surface area contributed by atoms with Gasteiger partial charge in [-0.2, -0.15) is 0 Å². The number of unbranched alkanes of at least 4 members (excludes halogenated alkanes) is 1. The van der Waals surface area contributed by atoms with Crippen LogP contribution >= 0.6 is 12.4 Å². The van der Waals surface area contributed by atoms with Crippen molar-refractivity contribution in [2.75, 3.05) is 44.3 Å². The average molecular weight is 423 g/mol. The first-order valence-corrected chi connectivity index (χ1v) is 10.1. The van der Waals surface area contributed by atoms with Crippen molar-refractivity contribution in [2.24, 2.45) is 0 Å². The van der Waals surface area contributed by atoms with Crippen LogP contribution in [0.2, 0.25) is 0 Å². The van der Waals surface area contributed by atoms with Gasteiger partial charge in [0.15, 0.2) is 0 Å². The summed E-state index contributed by atoms with van der Waals surface area (Å²) in [4.78, 5) is 33.1. The summed E-state index contributed by atoms with van der Waals surface area (Å²) in [7, 11) is 0. The van der Waals surface area contributed by atoms with Crippen LogP contribution in [0.5, 0.6) is 0 Å². The number of morpholine rings is 1. The Labute approximate surface area is 177 Å². The molecule has 0 aliphatic carbocycles. The first-order chi connectivity index (χ1) is 13.6.